The third-order valence-corrected chi connectivity index (χ3v) is 2.24. The van der Waals surface area contributed by atoms with Crippen LogP contribution in [-0.2, 0) is 6.54 Å². The van der Waals surface area contributed by atoms with E-state index in [-0.39, 0.29) is 12.1 Å². The van der Waals surface area contributed by atoms with Gasteiger partial charge < -0.3 is 10.4 Å². The van der Waals surface area contributed by atoms with Crippen LogP contribution in [0, 0.1) is 6.92 Å². The Kier molecular flexibility index (Phi) is 3.06. The van der Waals surface area contributed by atoms with Gasteiger partial charge >= 0.3 is 0 Å². The van der Waals surface area contributed by atoms with Crippen LogP contribution in [0.25, 0.3) is 0 Å². The standard InChI is InChI=1S/C9H17N3O/c1-8-4-5-12(11-8)6-9(2,7-13)10-3/h4-5,10,13H,6-7H2,1-3H3. The fraction of sp³-hybridized carbons (Fsp3) is 0.667. The summed E-state index contributed by atoms with van der Waals surface area (Å²) in [5.74, 6) is 0. The van der Waals surface area contributed by atoms with Crippen molar-refractivity contribution in [2.24, 2.45) is 0 Å². The number of rotatable bonds is 4. The second-order valence-corrected chi connectivity index (χ2v) is 3.62. The number of hydrogen-bond acceptors (Lipinski definition) is 3. The van der Waals surface area contributed by atoms with Gasteiger partial charge in [-0.15, -0.1) is 0 Å². The van der Waals surface area contributed by atoms with Gasteiger partial charge in [0.1, 0.15) is 0 Å². The third kappa shape index (κ3) is 2.54. The van der Waals surface area contributed by atoms with E-state index in [1.54, 1.807) is 0 Å². The van der Waals surface area contributed by atoms with Crippen molar-refractivity contribution in [3.63, 3.8) is 0 Å². The molecule has 0 aliphatic heterocycles. The molecule has 1 heterocycles. The molecule has 0 saturated heterocycles. The van der Waals surface area contributed by atoms with Crippen molar-refractivity contribution >= 4 is 0 Å². The summed E-state index contributed by atoms with van der Waals surface area (Å²) in [6.07, 6.45) is 1.92. The highest BCUT2D eigenvalue weighted by Gasteiger charge is 2.21. The van der Waals surface area contributed by atoms with Crippen LogP contribution in [0.2, 0.25) is 0 Å². The summed E-state index contributed by atoms with van der Waals surface area (Å²) in [5, 5.41) is 16.5. The molecule has 0 aromatic carbocycles. The van der Waals surface area contributed by atoms with Crippen LogP contribution in [0.15, 0.2) is 12.3 Å². The molecular formula is C9H17N3O. The highest BCUT2D eigenvalue weighted by Crippen LogP contribution is 2.05. The van der Waals surface area contributed by atoms with Gasteiger partial charge in [0.15, 0.2) is 0 Å². The fourth-order valence-electron chi connectivity index (χ4n) is 1.12. The minimum absolute atomic E-state index is 0.0996. The topological polar surface area (TPSA) is 50.1 Å². The summed E-state index contributed by atoms with van der Waals surface area (Å²) in [6.45, 7) is 4.69. The van der Waals surface area contributed by atoms with Crippen LogP contribution in [0.5, 0.6) is 0 Å². The van der Waals surface area contributed by atoms with Gasteiger partial charge in [-0.2, -0.15) is 5.10 Å². The van der Waals surface area contributed by atoms with E-state index in [0.29, 0.717) is 6.54 Å². The Balaban J connectivity index is 2.67. The van der Waals surface area contributed by atoms with Crippen molar-refractivity contribution < 1.29 is 5.11 Å². The van der Waals surface area contributed by atoms with Crippen molar-refractivity contribution in [3.8, 4) is 0 Å². The number of aliphatic hydroxyl groups excluding tert-OH is 1. The lowest BCUT2D eigenvalue weighted by molar-refractivity contribution is 0.161. The zero-order chi connectivity index (χ0) is 9.90. The number of aromatic nitrogens is 2. The molecule has 1 aromatic heterocycles. The fourth-order valence-corrected chi connectivity index (χ4v) is 1.12. The van der Waals surface area contributed by atoms with Gasteiger partial charge in [0, 0.05) is 6.20 Å². The van der Waals surface area contributed by atoms with E-state index in [9.17, 15) is 0 Å². The summed E-state index contributed by atoms with van der Waals surface area (Å²) in [6, 6.07) is 1.95. The second-order valence-electron chi connectivity index (χ2n) is 3.62. The smallest absolute Gasteiger partial charge is 0.0628 e. The first-order chi connectivity index (χ1) is 6.09. The minimum Gasteiger partial charge on any atom is -0.394 e. The molecule has 1 rings (SSSR count). The molecule has 4 heteroatoms. The van der Waals surface area contributed by atoms with E-state index >= 15 is 0 Å². The first kappa shape index (κ1) is 10.2. The molecule has 74 valence electrons. The second kappa shape index (κ2) is 3.89. The van der Waals surface area contributed by atoms with Crippen LogP contribution < -0.4 is 5.32 Å². The first-order valence-electron chi connectivity index (χ1n) is 4.39. The van der Waals surface area contributed by atoms with Gasteiger partial charge in [0.05, 0.1) is 24.4 Å². The number of aryl methyl sites for hydroxylation is 1. The normalized spacial score (nSPS) is 15.7. The number of hydrogen-bond donors (Lipinski definition) is 2. The molecule has 13 heavy (non-hydrogen) atoms. The maximum atomic E-state index is 9.15. The molecule has 0 aliphatic carbocycles. The Labute approximate surface area is 78.6 Å². The van der Waals surface area contributed by atoms with Crippen molar-refractivity contribution in [1.29, 1.82) is 0 Å². The molecule has 1 aromatic rings. The van der Waals surface area contributed by atoms with E-state index in [1.807, 2.05) is 37.8 Å². The van der Waals surface area contributed by atoms with Crippen molar-refractivity contribution in [3.05, 3.63) is 18.0 Å². The van der Waals surface area contributed by atoms with E-state index < -0.39 is 0 Å². The average molecular weight is 183 g/mol. The van der Waals surface area contributed by atoms with Crippen LogP contribution in [0.1, 0.15) is 12.6 Å². The molecular weight excluding hydrogens is 166 g/mol. The predicted molar refractivity (Wildman–Crippen MR) is 51.5 cm³/mol. The van der Waals surface area contributed by atoms with Gasteiger partial charge in [-0.3, -0.25) is 4.68 Å². The van der Waals surface area contributed by atoms with Crippen molar-refractivity contribution in [2.45, 2.75) is 25.9 Å². The van der Waals surface area contributed by atoms with E-state index in [2.05, 4.69) is 10.4 Å². The quantitative estimate of drug-likeness (QED) is 0.699. The molecule has 1 atom stereocenters. The van der Waals surface area contributed by atoms with Crippen molar-refractivity contribution in [2.75, 3.05) is 13.7 Å². The highest BCUT2D eigenvalue weighted by atomic mass is 16.3. The summed E-state index contributed by atoms with van der Waals surface area (Å²) < 4.78 is 1.84. The van der Waals surface area contributed by atoms with Gasteiger partial charge in [0.2, 0.25) is 0 Å². The molecule has 4 nitrogen and oxygen atoms in total. The Bertz CT molecular complexity index is 266. The largest absolute Gasteiger partial charge is 0.394 e. The molecule has 0 radical (unpaired) electrons. The Morgan fingerprint density at radius 3 is 2.77 bits per heavy atom. The van der Waals surface area contributed by atoms with Crippen LogP contribution in [0.4, 0.5) is 0 Å². The van der Waals surface area contributed by atoms with Gasteiger partial charge in [-0.1, -0.05) is 0 Å². The van der Waals surface area contributed by atoms with Crippen LogP contribution >= 0.6 is 0 Å². The lowest BCUT2D eigenvalue weighted by Crippen LogP contribution is -2.47. The monoisotopic (exact) mass is 183 g/mol. The summed E-state index contributed by atoms with van der Waals surface area (Å²) in [7, 11) is 1.84. The zero-order valence-electron chi connectivity index (χ0n) is 8.41. The molecule has 0 amide bonds. The molecule has 0 saturated carbocycles. The third-order valence-electron chi connectivity index (χ3n) is 2.24. The maximum absolute atomic E-state index is 9.15. The minimum atomic E-state index is -0.293. The molecule has 0 spiro atoms. The molecule has 2 N–H and O–H groups in total. The Morgan fingerprint density at radius 2 is 2.38 bits per heavy atom. The van der Waals surface area contributed by atoms with Crippen LogP contribution in [-0.4, -0.2) is 34.1 Å². The number of nitrogens with one attached hydrogen (secondary N) is 1. The van der Waals surface area contributed by atoms with Crippen LogP contribution in [0.3, 0.4) is 0 Å². The lowest BCUT2D eigenvalue weighted by Gasteiger charge is -2.26. The number of likely N-dealkylation sites (N-methyl/N-ethyl adjacent to an activating group) is 1. The van der Waals surface area contributed by atoms with Gasteiger partial charge in [0.25, 0.3) is 0 Å². The highest BCUT2D eigenvalue weighted by molar-refractivity contribution is 4.96. The molecule has 0 bridgehead atoms. The van der Waals surface area contributed by atoms with Gasteiger partial charge in [-0.25, -0.2) is 0 Å². The Hall–Kier alpha value is -0.870. The van der Waals surface area contributed by atoms with E-state index in [0.717, 1.165) is 5.69 Å². The summed E-state index contributed by atoms with van der Waals surface area (Å²) in [5.41, 5.74) is 0.703. The number of nitrogens with zero attached hydrogens (tertiary/aromatic N) is 2. The van der Waals surface area contributed by atoms with Crippen molar-refractivity contribution in [1.82, 2.24) is 15.1 Å². The zero-order valence-corrected chi connectivity index (χ0v) is 8.41. The summed E-state index contributed by atoms with van der Waals surface area (Å²) >= 11 is 0. The first-order valence-corrected chi connectivity index (χ1v) is 4.39. The van der Waals surface area contributed by atoms with E-state index in [1.165, 1.54) is 0 Å². The number of aliphatic hydroxyl groups is 1. The molecule has 0 fully saturated rings. The lowest BCUT2D eigenvalue weighted by atomic mass is 10.1. The van der Waals surface area contributed by atoms with Gasteiger partial charge in [-0.05, 0) is 27.0 Å². The average Bonchev–Trinajstić information content (AvgIpc) is 2.51. The summed E-state index contributed by atoms with van der Waals surface area (Å²) in [4.78, 5) is 0. The SMILES string of the molecule is CNC(C)(CO)Cn1ccc(C)n1. The molecule has 1 unspecified atom stereocenters. The van der Waals surface area contributed by atoms with E-state index in [4.69, 9.17) is 5.11 Å². The Morgan fingerprint density at radius 1 is 1.69 bits per heavy atom. The predicted octanol–water partition coefficient (Wildman–Crippen LogP) is 0.162. The maximum Gasteiger partial charge on any atom is 0.0628 e. The molecule has 0 aliphatic rings.